The van der Waals surface area contributed by atoms with Gasteiger partial charge in [-0.1, -0.05) is 30.3 Å². The molecule has 0 N–H and O–H groups in total. The van der Waals surface area contributed by atoms with Crippen LogP contribution in [0.5, 0.6) is 5.75 Å². The van der Waals surface area contributed by atoms with Gasteiger partial charge in [-0.2, -0.15) is 0 Å². The first-order valence-electron chi connectivity index (χ1n) is 5.06. The summed E-state index contributed by atoms with van der Waals surface area (Å²) in [5, 5.41) is 0. The van der Waals surface area contributed by atoms with Crippen molar-refractivity contribution in [2.24, 2.45) is 0 Å². The predicted octanol–water partition coefficient (Wildman–Crippen LogP) is 4.86. The van der Waals surface area contributed by atoms with Crippen molar-refractivity contribution in [3.8, 4) is 16.9 Å². The molecule has 0 saturated heterocycles. The summed E-state index contributed by atoms with van der Waals surface area (Å²) in [6.07, 6.45) is -4.66. The van der Waals surface area contributed by atoms with Crippen LogP contribution in [-0.4, -0.2) is 6.36 Å². The van der Waals surface area contributed by atoms with Gasteiger partial charge in [0.15, 0.2) is 0 Å². The van der Waals surface area contributed by atoms with Crippen molar-refractivity contribution in [1.82, 2.24) is 0 Å². The Morgan fingerprint density at radius 3 is 2.17 bits per heavy atom. The Bertz CT molecular complexity index is 538. The molecule has 0 bridgehead atoms. The minimum absolute atomic E-state index is 0.202. The van der Waals surface area contributed by atoms with E-state index in [-0.39, 0.29) is 5.75 Å². The quantitative estimate of drug-likeness (QED) is 0.692. The van der Waals surface area contributed by atoms with Crippen LogP contribution < -0.4 is 4.74 Å². The van der Waals surface area contributed by atoms with E-state index in [1.807, 2.05) is 52.9 Å². The third kappa shape index (κ3) is 3.38. The maximum atomic E-state index is 12.1. The molecular formula is C13H8F3IO. The van der Waals surface area contributed by atoms with E-state index in [2.05, 4.69) is 4.74 Å². The van der Waals surface area contributed by atoms with Gasteiger partial charge in [0.05, 0.1) is 0 Å². The summed E-state index contributed by atoms with van der Waals surface area (Å²) in [4.78, 5) is 0. The molecule has 5 heteroatoms. The molecule has 0 heterocycles. The van der Waals surface area contributed by atoms with Gasteiger partial charge in [-0.3, -0.25) is 0 Å². The Hall–Kier alpha value is -1.24. The molecule has 2 aromatic rings. The highest BCUT2D eigenvalue weighted by Crippen LogP contribution is 2.30. The molecule has 0 aromatic heterocycles. The lowest BCUT2D eigenvalue weighted by atomic mass is 10.1. The van der Waals surface area contributed by atoms with Crippen LogP contribution in [-0.2, 0) is 0 Å². The molecule has 0 aliphatic carbocycles. The van der Waals surface area contributed by atoms with E-state index in [0.29, 0.717) is 3.57 Å². The van der Waals surface area contributed by atoms with Crippen LogP contribution in [0.3, 0.4) is 0 Å². The zero-order chi connectivity index (χ0) is 13.2. The topological polar surface area (TPSA) is 9.23 Å². The normalized spacial score (nSPS) is 11.3. The first kappa shape index (κ1) is 13.2. The number of halogens is 4. The van der Waals surface area contributed by atoms with Crippen LogP contribution in [0.15, 0.2) is 48.5 Å². The van der Waals surface area contributed by atoms with E-state index in [0.717, 1.165) is 11.1 Å². The van der Waals surface area contributed by atoms with Crippen molar-refractivity contribution in [1.29, 1.82) is 0 Å². The van der Waals surface area contributed by atoms with Crippen molar-refractivity contribution in [2.75, 3.05) is 0 Å². The Kier molecular flexibility index (Phi) is 3.79. The van der Waals surface area contributed by atoms with Gasteiger partial charge in [-0.05, 0) is 51.9 Å². The Morgan fingerprint density at radius 1 is 0.944 bits per heavy atom. The van der Waals surface area contributed by atoms with Crippen LogP contribution in [0.4, 0.5) is 13.2 Å². The van der Waals surface area contributed by atoms with E-state index in [1.54, 1.807) is 6.07 Å². The molecule has 0 fully saturated rings. The van der Waals surface area contributed by atoms with Gasteiger partial charge < -0.3 is 4.74 Å². The Morgan fingerprint density at radius 2 is 1.61 bits per heavy atom. The lowest BCUT2D eigenvalue weighted by molar-refractivity contribution is -0.274. The summed E-state index contributed by atoms with van der Waals surface area (Å²) in [5.41, 5.74) is 1.84. The summed E-state index contributed by atoms with van der Waals surface area (Å²) >= 11 is 1.99. The van der Waals surface area contributed by atoms with Gasteiger partial charge in [-0.25, -0.2) is 0 Å². The molecule has 0 aliphatic rings. The molecule has 0 atom stereocenters. The third-order valence-corrected chi connectivity index (χ3v) is 3.15. The monoisotopic (exact) mass is 364 g/mol. The van der Waals surface area contributed by atoms with E-state index >= 15 is 0 Å². The summed E-state index contributed by atoms with van der Waals surface area (Å²) in [5.74, 6) is -0.202. The largest absolute Gasteiger partial charge is 0.573 e. The predicted molar refractivity (Wildman–Crippen MR) is 71.3 cm³/mol. The molecule has 1 nitrogen and oxygen atoms in total. The Balaban J connectivity index is 2.32. The van der Waals surface area contributed by atoms with Crippen molar-refractivity contribution in [2.45, 2.75) is 6.36 Å². The van der Waals surface area contributed by atoms with E-state index in [1.165, 1.54) is 12.1 Å². The summed E-state index contributed by atoms with van der Waals surface area (Å²) < 4.78 is 40.8. The maximum Gasteiger partial charge on any atom is 0.573 e. The van der Waals surface area contributed by atoms with E-state index < -0.39 is 6.36 Å². The molecule has 0 unspecified atom stereocenters. The number of hydrogen-bond acceptors (Lipinski definition) is 1. The molecule has 2 aromatic carbocycles. The average molecular weight is 364 g/mol. The maximum absolute atomic E-state index is 12.1. The van der Waals surface area contributed by atoms with Crippen LogP contribution in [0.2, 0.25) is 0 Å². The Labute approximate surface area is 116 Å². The fourth-order valence-electron chi connectivity index (χ4n) is 1.54. The van der Waals surface area contributed by atoms with Crippen molar-refractivity contribution in [3.63, 3.8) is 0 Å². The van der Waals surface area contributed by atoms with Gasteiger partial charge in [0, 0.05) is 3.57 Å². The van der Waals surface area contributed by atoms with Gasteiger partial charge in [0.25, 0.3) is 0 Å². The highest BCUT2D eigenvalue weighted by atomic mass is 127. The van der Waals surface area contributed by atoms with Crippen LogP contribution >= 0.6 is 22.6 Å². The number of benzene rings is 2. The van der Waals surface area contributed by atoms with Gasteiger partial charge in [-0.15, -0.1) is 13.2 Å². The molecular weight excluding hydrogens is 356 g/mol. The second kappa shape index (κ2) is 5.17. The zero-order valence-corrected chi connectivity index (χ0v) is 11.2. The van der Waals surface area contributed by atoms with Crippen LogP contribution in [0, 0.1) is 3.57 Å². The zero-order valence-electron chi connectivity index (χ0n) is 9.04. The fraction of sp³-hybridized carbons (Fsp3) is 0.0769. The molecule has 0 saturated carbocycles. The van der Waals surface area contributed by atoms with Crippen molar-refractivity contribution < 1.29 is 17.9 Å². The number of alkyl halides is 3. The van der Waals surface area contributed by atoms with E-state index in [9.17, 15) is 13.2 Å². The lowest BCUT2D eigenvalue weighted by Crippen LogP contribution is -2.17. The molecule has 18 heavy (non-hydrogen) atoms. The highest BCUT2D eigenvalue weighted by Gasteiger charge is 2.31. The molecule has 2 rings (SSSR count). The van der Waals surface area contributed by atoms with Gasteiger partial charge >= 0.3 is 6.36 Å². The molecule has 0 spiro atoms. The second-order valence-electron chi connectivity index (χ2n) is 3.56. The SMILES string of the molecule is FC(F)(F)Oc1ccc(-c2ccccc2)c(I)c1. The molecule has 94 valence electrons. The first-order chi connectivity index (χ1) is 8.46. The third-order valence-electron chi connectivity index (χ3n) is 2.26. The summed E-state index contributed by atoms with van der Waals surface area (Å²) in [6.45, 7) is 0. The average Bonchev–Trinajstić information content (AvgIpc) is 2.28. The number of rotatable bonds is 2. The molecule has 0 aliphatic heterocycles. The smallest absolute Gasteiger partial charge is 0.406 e. The molecule has 0 amide bonds. The first-order valence-corrected chi connectivity index (χ1v) is 6.14. The van der Waals surface area contributed by atoms with Crippen LogP contribution in [0.25, 0.3) is 11.1 Å². The van der Waals surface area contributed by atoms with Crippen molar-refractivity contribution in [3.05, 3.63) is 52.1 Å². The fourth-order valence-corrected chi connectivity index (χ4v) is 2.34. The second-order valence-corrected chi connectivity index (χ2v) is 4.72. The van der Waals surface area contributed by atoms with Gasteiger partial charge in [0.1, 0.15) is 5.75 Å². The summed E-state index contributed by atoms with van der Waals surface area (Å²) in [6, 6.07) is 13.8. The number of hydrogen-bond donors (Lipinski definition) is 0. The lowest BCUT2D eigenvalue weighted by Gasteiger charge is -2.11. The van der Waals surface area contributed by atoms with Gasteiger partial charge in [0.2, 0.25) is 0 Å². The minimum atomic E-state index is -4.66. The summed E-state index contributed by atoms with van der Waals surface area (Å²) in [7, 11) is 0. The van der Waals surface area contributed by atoms with Crippen LogP contribution in [0.1, 0.15) is 0 Å². The van der Waals surface area contributed by atoms with E-state index in [4.69, 9.17) is 0 Å². The van der Waals surface area contributed by atoms with Crippen molar-refractivity contribution >= 4 is 22.6 Å². The number of ether oxygens (including phenoxy) is 1. The highest BCUT2D eigenvalue weighted by molar-refractivity contribution is 14.1. The standard InChI is InChI=1S/C13H8F3IO/c14-13(15,16)18-10-6-7-11(12(17)8-10)9-4-2-1-3-5-9/h1-8H. The molecule has 0 radical (unpaired) electrons. The minimum Gasteiger partial charge on any atom is -0.406 e.